The minimum Gasteiger partial charge on any atom is -0.357 e. The lowest BCUT2D eigenvalue weighted by Crippen LogP contribution is -2.58. The molecule has 1 saturated heterocycles. The molecule has 6 heteroatoms. The van der Waals surface area contributed by atoms with Crippen LogP contribution in [0.3, 0.4) is 0 Å². The summed E-state index contributed by atoms with van der Waals surface area (Å²) in [6.07, 6.45) is 0. The highest BCUT2D eigenvalue weighted by molar-refractivity contribution is 5.86. The number of nitrogens with zero attached hydrogens (tertiary/aromatic N) is 2. The van der Waals surface area contributed by atoms with Crippen molar-refractivity contribution in [3.8, 4) is 0 Å². The molecule has 0 bridgehead atoms. The fourth-order valence-corrected chi connectivity index (χ4v) is 2.43. The van der Waals surface area contributed by atoms with Gasteiger partial charge in [0.1, 0.15) is 6.04 Å². The van der Waals surface area contributed by atoms with E-state index in [9.17, 15) is 4.79 Å². The number of aromatic nitrogens is 2. The number of anilines is 1. The second-order valence-corrected chi connectivity index (χ2v) is 4.61. The van der Waals surface area contributed by atoms with Crippen molar-refractivity contribution in [3.63, 3.8) is 0 Å². The average Bonchev–Trinajstić information content (AvgIpc) is 2.90. The molecular formula is C13H17N5O. The molecule has 1 fully saturated rings. The van der Waals surface area contributed by atoms with Crippen LogP contribution in [0.1, 0.15) is 0 Å². The highest BCUT2D eigenvalue weighted by Gasteiger charge is 2.29. The summed E-state index contributed by atoms with van der Waals surface area (Å²) in [5.74, 6) is 0.768. The van der Waals surface area contributed by atoms with E-state index in [1.165, 1.54) is 0 Å². The monoisotopic (exact) mass is 259 g/mol. The number of fused-ring (bicyclic) bond motifs is 1. The van der Waals surface area contributed by atoms with Gasteiger partial charge >= 0.3 is 0 Å². The molecule has 1 amide bonds. The molecule has 19 heavy (non-hydrogen) atoms. The topological polar surface area (TPSA) is 73.1 Å². The molecule has 3 N–H and O–H groups in total. The number of H-pyrrole nitrogens is 1. The smallest absolute Gasteiger partial charge is 0.243 e. The second-order valence-electron chi connectivity index (χ2n) is 4.61. The minimum atomic E-state index is -0.223. The number of imidazole rings is 1. The van der Waals surface area contributed by atoms with E-state index in [1.54, 1.807) is 7.05 Å². The van der Waals surface area contributed by atoms with Gasteiger partial charge in [-0.3, -0.25) is 4.79 Å². The summed E-state index contributed by atoms with van der Waals surface area (Å²) in [7, 11) is 1.66. The summed E-state index contributed by atoms with van der Waals surface area (Å²) < 4.78 is 0. The quantitative estimate of drug-likeness (QED) is 0.714. The Kier molecular flexibility index (Phi) is 3.08. The lowest BCUT2D eigenvalue weighted by atomic mass is 10.2. The third-order valence-corrected chi connectivity index (χ3v) is 3.44. The molecular weight excluding hydrogens is 242 g/mol. The number of nitrogens with one attached hydrogen (secondary N) is 3. The molecule has 2 heterocycles. The largest absolute Gasteiger partial charge is 0.357 e. The zero-order chi connectivity index (χ0) is 13.2. The van der Waals surface area contributed by atoms with Crippen LogP contribution in [0.25, 0.3) is 11.0 Å². The Balaban J connectivity index is 1.95. The first-order chi connectivity index (χ1) is 9.29. The van der Waals surface area contributed by atoms with Crippen molar-refractivity contribution in [2.75, 3.05) is 31.6 Å². The van der Waals surface area contributed by atoms with E-state index in [0.29, 0.717) is 6.54 Å². The van der Waals surface area contributed by atoms with Crippen molar-refractivity contribution in [1.82, 2.24) is 20.6 Å². The zero-order valence-corrected chi connectivity index (χ0v) is 10.8. The fraction of sp³-hybridized carbons (Fsp3) is 0.385. The number of hydrogen-bond acceptors (Lipinski definition) is 4. The van der Waals surface area contributed by atoms with Crippen molar-refractivity contribution < 1.29 is 4.79 Å². The Morgan fingerprint density at radius 1 is 1.47 bits per heavy atom. The van der Waals surface area contributed by atoms with Gasteiger partial charge in [-0.25, -0.2) is 4.98 Å². The number of carbonyl (C=O) groups is 1. The van der Waals surface area contributed by atoms with Crippen LogP contribution in [0.4, 0.5) is 5.95 Å². The number of amides is 1. The molecule has 0 saturated carbocycles. The Bertz CT molecular complexity index is 560. The van der Waals surface area contributed by atoms with E-state index < -0.39 is 0 Å². The second kappa shape index (κ2) is 4.89. The maximum atomic E-state index is 11.9. The van der Waals surface area contributed by atoms with E-state index in [0.717, 1.165) is 30.1 Å². The zero-order valence-electron chi connectivity index (χ0n) is 10.8. The van der Waals surface area contributed by atoms with Crippen LogP contribution < -0.4 is 15.5 Å². The first kappa shape index (κ1) is 12.0. The summed E-state index contributed by atoms with van der Waals surface area (Å²) in [6.45, 7) is 2.25. The van der Waals surface area contributed by atoms with Crippen LogP contribution in [0.2, 0.25) is 0 Å². The molecule has 100 valence electrons. The van der Waals surface area contributed by atoms with Gasteiger partial charge in [0, 0.05) is 26.7 Å². The maximum Gasteiger partial charge on any atom is 0.243 e. The number of aromatic amines is 1. The first-order valence-electron chi connectivity index (χ1n) is 6.43. The van der Waals surface area contributed by atoms with Crippen molar-refractivity contribution in [3.05, 3.63) is 24.3 Å². The predicted molar refractivity (Wildman–Crippen MR) is 74.2 cm³/mol. The number of hydrogen-bond donors (Lipinski definition) is 3. The fourth-order valence-electron chi connectivity index (χ4n) is 2.43. The summed E-state index contributed by atoms with van der Waals surface area (Å²) in [6, 6.07) is 7.66. The van der Waals surface area contributed by atoms with Gasteiger partial charge in [-0.05, 0) is 12.1 Å². The normalized spacial score (nSPS) is 19.6. The van der Waals surface area contributed by atoms with E-state index >= 15 is 0 Å². The Morgan fingerprint density at radius 2 is 2.32 bits per heavy atom. The lowest BCUT2D eigenvalue weighted by Gasteiger charge is -2.34. The van der Waals surface area contributed by atoms with Crippen molar-refractivity contribution in [1.29, 1.82) is 0 Å². The molecule has 2 aromatic rings. The number of rotatable bonds is 2. The summed E-state index contributed by atoms with van der Waals surface area (Å²) in [5, 5.41) is 5.95. The van der Waals surface area contributed by atoms with Gasteiger partial charge in [0.2, 0.25) is 11.9 Å². The van der Waals surface area contributed by atoms with Gasteiger partial charge in [0.25, 0.3) is 0 Å². The van der Waals surface area contributed by atoms with E-state index in [1.807, 2.05) is 29.2 Å². The Hall–Kier alpha value is -2.08. The minimum absolute atomic E-state index is 0.00709. The number of carbonyl (C=O) groups excluding carboxylic acids is 1. The van der Waals surface area contributed by atoms with Gasteiger partial charge in [-0.1, -0.05) is 12.1 Å². The van der Waals surface area contributed by atoms with Gasteiger partial charge in [0.05, 0.1) is 11.0 Å². The molecule has 0 spiro atoms. The van der Waals surface area contributed by atoms with Gasteiger partial charge in [-0.15, -0.1) is 0 Å². The SMILES string of the molecule is CNC(=O)C1CNCCN1c1nc2ccccc2[nH]1. The van der Waals surface area contributed by atoms with E-state index in [2.05, 4.69) is 20.6 Å². The molecule has 6 nitrogen and oxygen atoms in total. The molecule has 0 radical (unpaired) electrons. The molecule has 1 aliphatic rings. The third kappa shape index (κ3) is 2.15. The van der Waals surface area contributed by atoms with Crippen LogP contribution >= 0.6 is 0 Å². The van der Waals surface area contributed by atoms with Crippen LogP contribution in [-0.4, -0.2) is 48.6 Å². The number of benzene rings is 1. The Labute approximate surface area is 111 Å². The lowest BCUT2D eigenvalue weighted by molar-refractivity contribution is -0.122. The summed E-state index contributed by atoms with van der Waals surface area (Å²) >= 11 is 0. The molecule has 1 aromatic carbocycles. The van der Waals surface area contributed by atoms with Gasteiger partial charge in [0.15, 0.2) is 0 Å². The van der Waals surface area contributed by atoms with Gasteiger partial charge in [-0.2, -0.15) is 0 Å². The highest BCUT2D eigenvalue weighted by atomic mass is 16.2. The first-order valence-corrected chi connectivity index (χ1v) is 6.43. The van der Waals surface area contributed by atoms with Crippen LogP contribution in [0.15, 0.2) is 24.3 Å². The summed E-state index contributed by atoms with van der Waals surface area (Å²) in [4.78, 5) is 21.8. The number of piperazine rings is 1. The maximum absolute atomic E-state index is 11.9. The van der Waals surface area contributed by atoms with Crippen molar-refractivity contribution in [2.24, 2.45) is 0 Å². The summed E-state index contributed by atoms with van der Waals surface area (Å²) in [5.41, 5.74) is 1.92. The van der Waals surface area contributed by atoms with E-state index in [4.69, 9.17) is 0 Å². The molecule has 1 aromatic heterocycles. The van der Waals surface area contributed by atoms with Gasteiger partial charge < -0.3 is 20.5 Å². The van der Waals surface area contributed by atoms with E-state index in [-0.39, 0.29) is 11.9 Å². The average molecular weight is 259 g/mol. The van der Waals surface area contributed by atoms with Crippen LogP contribution in [-0.2, 0) is 4.79 Å². The standard InChI is InChI=1S/C13H17N5O/c1-14-12(19)11-8-15-6-7-18(11)13-16-9-4-2-3-5-10(9)17-13/h2-5,11,15H,6-8H2,1H3,(H,14,19)(H,16,17). The van der Waals surface area contributed by atoms with Crippen molar-refractivity contribution in [2.45, 2.75) is 6.04 Å². The van der Waals surface area contributed by atoms with Crippen LogP contribution in [0, 0.1) is 0 Å². The number of likely N-dealkylation sites (N-methyl/N-ethyl adjacent to an activating group) is 1. The molecule has 3 rings (SSSR count). The van der Waals surface area contributed by atoms with Crippen LogP contribution in [0.5, 0.6) is 0 Å². The molecule has 0 aliphatic carbocycles. The number of para-hydroxylation sites is 2. The molecule has 1 atom stereocenters. The molecule has 1 aliphatic heterocycles. The van der Waals surface area contributed by atoms with Crippen molar-refractivity contribution >= 4 is 22.9 Å². The highest BCUT2D eigenvalue weighted by Crippen LogP contribution is 2.19. The Morgan fingerprint density at radius 3 is 3.11 bits per heavy atom. The molecule has 1 unspecified atom stereocenters. The third-order valence-electron chi connectivity index (χ3n) is 3.44. The predicted octanol–water partition coefficient (Wildman–Crippen LogP) is 0.0871.